The summed E-state index contributed by atoms with van der Waals surface area (Å²) >= 11 is 4.08. The van der Waals surface area contributed by atoms with Crippen molar-refractivity contribution in [2.45, 2.75) is 6.92 Å². The van der Waals surface area contributed by atoms with Gasteiger partial charge in [-0.2, -0.15) is 12.6 Å². The van der Waals surface area contributed by atoms with Gasteiger partial charge >= 0.3 is 0 Å². The Kier molecular flexibility index (Phi) is 3.23. The molecule has 2 N–H and O–H groups in total. The molecule has 0 aliphatic rings. The molecule has 2 heteroatoms. The predicted octanol–water partition coefficient (Wildman–Crippen LogP) is 2.52. The van der Waals surface area contributed by atoms with E-state index in [1.165, 1.54) is 5.56 Å². The van der Waals surface area contributed by atoms with Crippen LogP contribution in [0.3, 0.4) is 0 Å². The van der Waals surface area contributed by atoms with Gasteiger partial charge < -0.3 is 5.73 Å². The number of rotatable bonds is 2. The Balaban J connectivity index is 2.97. The summed E-state index contributed by atoms with van der Waals surface area (Å²) in [6.45, 7) is 2.05. The van der Waals surface area contributed by atoms with Crippen molar-refractivity contribution in [2.24, 2.45) is 0 Å². The maximum Gasteiger partial charge on any atom is 0.0387 e. The van der Waals surface area contributed by atoms with Crippen molar-refractivity contribution in [3.8, 4) is 0 Å². The van der Waals surface area contributed by atoms with Gasteiger partial charge in [-0.1, -0.05) is 23.8 Å². The SMILES string of the molecule is Cc1ccc(N)c(C=CCS)c1. The van der Waals surface area contributed by atoms with E-state index in [0.29, 0.717) is 0 Å². The molecule has 0 aromatic heterocycles. The van der Waals surface area contributed by atoms with E-state index in [0.717, 1.165) is 17.0 Å². The summed E-state index contributed by atoms with van der Waals surface area (Å²) < 4.78 is 0. The molecule has 0 radical (unpaired) electrons. The minimum atomic E-state index is 0.743. The van der Waals surface area contributed by atoms with Crippen LogP contribution in [0.25, 0.3) is 6.08 Å². The summed E-state index contributed by atoms with van der Waals surface area (Å²) in [4.78, 5) is 0. The van der Waals surface area contributed by atoms with Crippen molar-refractivity contribution in [3.05, 3.63) is 35.4 Å². The van der Waals surface area contributed by atoms with Crippen molar-refractivity contribution < 1.29 is 0 Å². The highest BCUT2D eigenvalue weighted by molar-refractivity contribution is 7.80. The van der Waals surface area contributed by atoms with Gasteiger partial charge in [-0.05, 0) is 24.6 Å². The molecule has 0 saturated heterocycles. The summed E-state index contributed by atoms with van der Waals surface area (Å²) in [5, 5.41) is 0. The zero-order valence-electron chi connectivity index (χ0n) is 7.12. The van der Waals surface area contributed by atoms with E-state index in [-0.39, 0.29) is 0 Å². The molecule has 1 aromatic carbocycles. The molecule has 1 rings (SSSR count). The van der Waals surface area contributed by atoms with Crippen molar-refractivity contribution in [1.82, 2.24) is 0 Å². The summed E-state index contributed by atoms with van der Waals surface area (Å²) in [6.07, 6.45) is 3.98. The maximum atomic E-state index is 5.75. The highest BCUT2D eigenvalue weighted by Gasteiger charge is 1.93. The first-order valence-electron chi connectivity index (χ1n) is 3.87. The van der Waals surface area contributed by atoms with Crippen LogP contribution in [0, 0.1) is 6.92 Å². The fourth-order valence-corrected chi connectivity index (χ4v) is 1.12. The van der Waals surface area contributed by atoms with E-state index in [9.17, 15) is 0 Å². The summed E-state index contributed by atoms with van der Waals surface area (Å²) in [7, 11) is 0. The van der Waals surface area contributed by atoms with E-state index in [2.05, 4.69) is 25.6 Å². The number of aryl methyl sites for hydroxylation is 1. The van der Waals surface area contributed by atoms with Gasteiger partial charge in [-0.3, -0.25) is 0 Å². The van der Waals surface area contributed by atoms with Crippen LogP contribution in [0.1, 0.15) is 11.1 Å². The highest BCUT2D eigenvalue weighted by atomic mass is 32.1. The summed E-state index contributed by atoms with van der Waals surface area (Å²) in [6, 6.07) is 6.00. The minimum Gasteiger partial charge on any atom is -0.398 e. The van der Waals surface area contributed by atoms with Crippen molar-refractivity contribution in [2.75, 3.05) is 11.5 Å². The lowest BCUT2D eigenvalue weighted by atomic mass is 10.1. The Bertz CT molecular complexity index is 292. The highest BCUT2D eigenvalue weighted by Crippen LogP contribution is 2.15. The van der Waals surface area contributed by atoms with Gasteiger partial charge in [0.2, 0.25) is 0 Å². The summed E-state index contributed by atoms with van der Waals surface area (Å²) in [5.41, 5.74) is 8.87. The van der Waals surface area contributed by atoms with Crippen LogP contribution in [-0.2, 0) is 0 Å². The number of anilines is 1. The average molecular weight is 179 g/mol. The number of benzene rings is 1. The molecule has 12 heavy (non-hydrogen) atoms. The zero-order chi connectivity index (χ0) is 8.97. The van der Waals surface area contributed by atoms with E-state index >= 15 is 0 Å². The van der Waals surface area contributed by atoms with E-state index in [1.807, 2.05) is 24.3 Å². The Hall–Kier alpha value is -0.890. The molecular formula is C10H13NS. The fraction of sp³-hybridized carbons (Fsp3) is 0.200. The number of thiol groups is 1. The Morgan fingerprint density at radius 2 is 2.25 bits per heavy atom. The molecule has 1 aromatic rings. The van der Waals surface area contributed by atoms with Crippen LogP contribution < -0.4 is 5.73 Å². The van der Waals surface area contributed by atoms with Crippen LogP contribution in [-0.4, -0.2) is 5.75 Å². The number of hydrogen-bond acceptors (Lipinski definition) is 2. The topological polar surface area (TPSA) is 26.0 Å². The van der Waals surface area contributed by atoms with Gasteiger partial charge in [-0.25, -0.2) is 0 Å². The molecule has 0 saturated carbocycles. The predicted molar refractivity (Wildman–Crippen MR) is 58.5 cm³/mol. The number of nitrogen functional groups attached to an aromatic ring is 1. The van der Waals surface area contributed by atoms with Crippen molar-refractivity contribution in [1.29, 1.82) is 0 Å². The van der Waals surface area contributed by atoms with E-state index in [4.69, 9.17) is 5.73 Å². The molecule has 0 atom stereocenters. The Morgan fingerprint density at radius 1 is 1.50 bits per heavy atom. The maximum absolute atomic E-state index is 5.75. The molecule has 0 amide bonds. The van der Waals surface area contributed by atoms with Crippen LogP contribution in [0.15, 0.2) is 24.3 Å². The molecule has 0 bridgehead atoms. The van der Waals surface area contributed by atoms with E-state index < -0.39 is 0 Å². The zero-order valence-corrected chi connectivity index (χ0v) is 8.01. The first-order chi connectivity index (χ1) is 5.74. The summed E-state index contributed by atoms with van der Waals surface area (Å²) in [5.74, 6) is 0.743. The van der Waals surface area contributed by atoms with Gasteiger partial charge in [-0.15, -0.1) is 0 Å². The molecule has 0 fully saturated rings. The quantitative estimate of drug-likeness (QED) is 0.529. The minimum absolute atomic E-state index is 0.743. The third-order valence-corrected chi connectivity index (χ3v) is 1.86. The van der Waals surface area contributed by atoms with Crippen molar-refractivity contribution >= 4 is 24.4 Å². The first-order valence-corrected chi connectivity index (χ1v) is 4.51. The van der Waals surface area contributed by atoms with Gasteiger partial charge in [0.25, 0.3) is 0 Å². The van der Waals surface area contributed by atoms with Gasteiger partial charge in [0.15, 0.2) is 0 Å². The smallest absolute Gasteiger partial charge is 0.0387 e. The number of hydrogen-bond donors (Lipinski definition) is 2. The molecule has 0 aliphatic heterocycles. The fourth-order valence-electron chi connectivity index (χ4n) is 1.02. The lowest BCUT2D eigenvalue weighted by Crippen LogP contribution is -1.89. The second kappa shape index (κ2) is 4.21. The molecule has 0 unspecified atom stereocenters. The monoisotopic (exact) mass is 179 g/mol. The Morgan fingerprint density at radius 3 is 2.92 bits per heavy atom. The number of nitrogens with two attached hydrogens (primary N) is 1. The molecular weight excluding hydrogens is 166 g/mol. The largest absolute Gasteiger partial charge is 0.398 e. The van der Waals surface area contributed by atoms with Crippen LogP contribution in [0.5, 0.6) is 0 Å². The lowest BCUT2D eigenvalue weighted by Gasteiger charge is -2.00. The second-order valence-electron chi connectivity index (χ2n) is 2.72. The normalized spacial score (nSPS) is 10.8. The standard InChI is InChI=1S/C10H13NS/c1-8-4-5-10(11)9(7-8)3-2-6-12/h2-5,7,12H,6,11H2,1H3. The molecule has 0 aliphatic carbocycles. The third kappa shape index (κ3) is 2.31. The molecule has 0 spiro atoms. The van der Waals surface area contributed by atoms with Gasteiger partial charge in [0.05, 0.1) is 0 Å². The second-order valence-corrected chi connectivity index (χ2v) is 3.08. The Labute approximate surface area is 78.7 Å². The first kappa shape index (κ1) is 9.20. The van der Waals surface area contributed by atoms with E-state index in [1.54, 1.807) is 0 Å². The van der Waals surface area contributed by atoms with Crippen LogP contribution >= 0.6 is 12.6 Å². The van der Waals surface area contributed by atoms with Crippen LogP contribution in [0.2, 0.25) is 0 Å². The van der Waals surface area contributed by atoms with Crippen LogP contribution in [0.4, 0.5) is 5.69 Å². The van der Waals surface area contributed by atoms with Gasteiger partial charge in [0, 0.05) is 11.4 Å². The molecule has 64 valence electrons. The van der Waals surface area contributed by atoms with Crippen molar-refractivity contribution in [3.63, 3.8) is 0 Å². The van der Waals surface area contributed by atoms with Gasteiger partial charge in [0.1, 0.15) is 0 Å². The molecule has 0 heterocycles. The lowest BCUT2D eigenvalue weighted by molar-refractivity contribution is 1.46. The third-order valence-electron chi connectivity index (χ3n) is 1.65. The average Bonchev–Trinajstić information content (AvgIpc) is 2.07. The molecule has 1 nitrogen and oxygen atoms in total.